The van der Waals surface area contributed by atoms with Crippen LogP contribution in [0, 0.1) is 0 Å². The molecule has 4 nitrogen and oxygen atoms in total. The Kier molecular flexibility index (Phi) is 6.37. The molecule has 0 aromatic heterocycles. The van der Waals surface area contributed by atoms with E-state index in [1.807, 2.05) is 54.6 Å². The summed E-state index contributed by atoms with van der Waals surface area (Å²) in [4.78, 5) is 0. The van der Waals surface area contributed by atoms with Crippen molar-refractivity contribution >= 4 is 15.9 Å². The molecule has 3 rings (SSSR count). The van der Waals surface area contributed by atoms with Gasteiger partial charge in [-0.05, 0) is 35.4 Å². The summed E-state index contributed by atoms with van der Waals surface area (Å²) in [5.41, 5.74) is 2.41. The minimum absolute atomic E-state index is 0.497. The Labute approximate surface area is 167 Å². The van der Waals surface area contributed by atoms with Crippen LogP contribution in [-0.2, 0) is 6.61 Å². The number of rotatable bonds is 7. The lowest BCUT2D eigenvalue weighted by atomic mass is 9.99. The summed E-state index contributed by atoms with van der Waals surface area (Å²) >= 11 is 3.42. The molecule has 0 saturated carbocycles. The predicted molar refractivity (Wildman–Crippen MR) is 109 cm³/mol. The quantitative estimate of drug-likeness (QED) is 0.566. The molecule has 0 heterocycles. The van der Waals surface area contributed by atoms with Crippen LogP contribution in [-0.4, -0.2) is 19.3 Å². The molecule has 1 atom stereocenters. The molecular weight excluding hydrogens is 408 g/mol. The van der Waals surface area contributed by atoms with Crippen molar-refractivity contribution < 1.29 is 19.3 Å². The monoisotopic (exact) mass is 428 g/mol. The van der Waals surface area contributed by atoms with Gasteiger partial charge in [-0.15, -0.1) is 0 Å². The number of aliphatic hydroxyl groups excluding tert-OH is 1. The van der Waals surface area contributed by atoms with E-state index in [0.29, 0.717) is 23.7 Å². The van der Waals surface area contributed by atoms with Crippen molar-refractivity contribution in [3.63, 3.8) is 0 Å². The van der Waals surface area contributed by atoms with Gasteiger partial charge in [0.25, 0.3) is 0 Å². The van der Waals surface area contributed by atoms with E-state index < -0.39 is 6.10 Å². The summed E-state index contributed by atoms with van der Waals surface area (Å²) in [5.74, 6) is 1.85. The van der Waals surface area contributed by atoms with Crippen LogP contribution in [0.1, 0.15) is 22.8 Å². The highest BCUT2D eigenvalue weighted by molar-refractivity contribution is 9.10. The van der Waals surface area contributed by atoms with Gasteiger partial charge in [0, 0.05) is 4.47 Å². The average molecular weight is 429 g/mol. The molecule has 3 aromatic carbocycles. The van der Waals surface area contributed by atoms with Gasteiger partial charge < -0.3 is 19.3 Å². The van der Waals surface area contributed by atoms with Gasteiger partial charge in [0.2, 0.25) is 0 Å². The molecule has 3 aromatic rings. The first-order chi connectivity index (χ1) is 13.1. The van der Waals surface area contributed by atoms with Crippen molar-refractivity contribution in [3.8, 4) is 17.2 Å². The zero-order valence-corrected chi connectivity index (χ0v) is 16.8. The molecular formula is C22H21BrO4. The maximum Gasteiger partial charge on any atom is 0.129 e. The lowest BCUT2D eigenvalue weighted by Gasteiger charge is -2.19. The molecule has 0 bridgehead atoms. The van der Waals surface area contributed by atoms with Crippen LogP contribution in [0.5, 0.6) is 17.2 Å². The summed E-state index contributed by atoms with van der Waals surface area (Å²) in [5, 5.41) is 10.9. The van der Waals surface area contributed by atoms with Gasteiger partial charge in [0.1, 0.15) is 30.0 Å². The van der Waals surface area contributed by atoms with Crippen LogP contribution in [0.15, 0.2) is 71.2 Å². The van der Waals surface area contributed by atoms with E-state index in [0.717, 1.165) is 21.3 Å². The molecule has 1 unspecified atom stereocenters. The van der Waals surface area contributed by atoms with Crippen molar-refractivity contribution in [3.05, 3.63) is 87.9 Å². The molecule has 0 aliphatic rings. The standard InChI is InChI=1S/C22H21BrO4/c1-25-19-12-17(23)13-20(26-2)21(19)22(24)16-8-10-18(11-9-16)27-14-15-6-4-3-5-7-15/h3-13,22,24H,14H2,1-2H3. The van der Waals surface area contributed by atoms with Crippen LogP contribution < -0.4 is 14.2 Å². The molecule has 27 heavy (non-hydrogen) atoms. The van der Waals surface area contributed by atoms with E-state index >= 15 is 0 Å². The maximum atomic E-state index is 10.9. The normalized spacial score (nSPS) is 11.7. The third-order valence-corrected chi connectivity index (χ3v) is 4.68. The van der Waals surface area contributed by atoms with Crippen LogP contribution in [0.3, 0.4) is 0 Å². The second-order valence-electron chi connectivity index (χ2n) is 5.97. The fourth-order valence-corrected chi connectivity index (χ4v) is 3.25. The Morgan fingerprint density at radius 2 is 1.48 bits per heavy atom. The topological polar surface area (TPSA) is 47.9 Å². The van der Waals surface area contributed by atoms with E-state index in [9.17, 15) is 5.11 Å². The molecule has 1 N–H and O–H groups in total. The molecule has 0 amide bonds. The number of benzene rings is 3. The first kappa shape index (κ1) is 19.3. The van der Waals surface area contributed by atoms with Gasteiger partial charge in [-0.25, -0.2) is 0 Å². The van der Waals surface area contributed by atoms with Crippen LogP contribution >= 0.6 is 15.9 Å². The third kappa shape index (κ3) is 4.62. The number of ether oxygens (including phenoxy) is 3. The number of methoxy groups -OCH3 is 2. The predicted octanol–water partition coefficient (Wildman–Crippen LogP) is 5.13. The fourth-order valence-electron chi connectivity index (χ4n) is 2.83. The number of hydrogen-bond donors (Lipinski definition) is 1. The van der Waals surface area contributed by atoms with Gasteiger partial charge in [0.05, 0.1) is 19.8 Å². The number of aliphatic hydroxyl groups is 1. The van der Waals surface area contributed by atoms with Gasteiger partial charge >= 0.3 is 0 Å². The number of hydrogen-bond acceptors (Lipinski definition) is 4. The third-order valence-electron chi connectivity index (χ3n) is 4.23. The average Bonchev–Trinajstić information content (AvgIpc) is 2.72. The lowest BCUT2D eigenvalue weighted by Crippen LogP contribution is -2.05. The Hall–Kier alpha value is -2.50. The Morgan fingerprint density at radius 1 is 0.889 bits per heavy atom. The fraction of sp³-hybridized carbons (Fsp3) is 0.182. The Bertz CT molecular complexity index is 854. The minimum Gasteiger partial charge on any atom is -0.496 e. The first-order valence-electron chi connectivity index (χ1n) is 8.48. The summed E-state index contributed by atoms with van der Waals surface area (Å²) in [6.45, 7) is 0.497. The highest BCUT2D eigenvalue weighted by atomic mass is 79.9. The Morgan fingerprint density at radius 3 is 2.04 bits per heavy atom. The SMILES string of the molecule is COc1cc(Br)cc(OC)c1C(O)c1ccc(OCc2ccccc2)cc1. The van der Waals surface area contributed by atoms with E-state index in [1.165, 1.54) is 0 Å². The van der Waals surface area contributed by atoms with Crippen molar-refractivity contribution in [2.45, 2.75) is 12.7 Å². The van der Waals surface area contributed by atoms with Gasteiger partial charge in [-0.3, -0.25) is 0 Å². The zero-order valence-electron chi connectivity index (χ0n) is 15.2. The highest BCUT2D eigenvalue weighted by Crippen LogP contribution is 2.40. The van der Waals surface area contributed by atoms with Gasteiger partial charge in [0.15, 0.2) is 0 Å². The molecule has 140 valence electrons. The van der Waals surface area contributed by atoms with Crippen molar-refractivity contribution in [1.82, 2.24) is 0 Å². The van der Waals surface area contributed by atoms with Gasteiger partial charge in [-0.1, -0.05) is 58.4 Å². The van der Waals surface area contributed by atoms with Crippen molar-refractivity contribution in [2.75, 3.05) is 14.2 Å². The maximum absolute atomic E-state index is 10.9. The first-order valence-corrected chi connectivity index (χ1v) is 9.28. The summed E-state index contributed by atoms with van der Waals surface area (Å²) in [6, 6.07) is 21.0. The van der Waals surface area contributed by atoms with Crippen LogP contribution in [0.4, 0.5) is 0 Å². The molecule has 0 spiro atoms. The summed E-state index contributed by atoms with van der Waals surface area (Å²) in [7, 11) is 3.13. The second-order valence-corrected chi connectivity index (χ2v) is 6.89. The zero-order chi connectivity index (χ0) is 19.2. The van der Waals surface area contributed by atoms with E-state index in [4.69, 9.17) is 14.2 Å². The summed E-state index contributed by atoms with van der Waals surface area (Å²) < 4.78 is 17.5. The van der Waals surface area contributed by atoms with Crippen molar-refractivity contribution in [2.24, 2.45) is 0 Å². The molecule has 0 aliphatic carbocycles. The summed E-state index contributed by atoms with van der Waals surface area (Å²) in [6.07, 6.45) is -0.883. The van der Waals surface area contributed by atoms with E-state index in [-0.39, 0.29) is 0 Å². The van der Waals surface area contributed by atoms with Crippen molar-refractivity contribution in [1.29, 1.82) is 0 Å². The largest absolute Gasteiger partial charge is 0.496 e. The van der Waals surface area contributed by atoms with E-state index in [1.54, 1.807) is 26.4 Å². The van der Waals surface area contributed by atoms with Crippen LogP contribution in [0.2, 0.25) is 0 Å². The van der Waals surface area contributed by atoms with Gasteiger partial charge in [-0.2, -0.15) is 0 Å². The van der Waals surface area contributed by atoms with E-state index in [2.05, 4.69) is 15.9 Å². The lowest BCUT2D eigenvalue weighted by molar-refractivity contribution is 0.208. The van der Waals surface area contributed by atoms with Crippen LogP contribution in [0.25, 0.3) is 0 Å². The highest BCUT2D eigenvalue weighted by Gasteiger charge is 2.21. The molecule has 0 radical (unpaired) electrons. The smallest absolute Gasteiger partial charge is 0.129 e. The second kappa shape index (κ2) is 8.93. The minimum atomic E-state index is -0.883. The molecule has 0 fully saturated rings. The molecule has 0 saturated heterocycles. The molecule has 5 heteroatoms. The Balaban J connectivity index is 1.79. The molecule has 0 aliphatic heterocycles. The number of halogens is 1.